The summed E-state index contributed by atoms with van der Waals surface area (Å²) in [6.07, 6.45) is -2.72. The number of halogens is 3. The largest absolute Gasteiger partial charge is 0.497 e. The van der Waals surface area contributed by atoms with Crippen LogP contribution in [0, 0.1) is 0 Å². The number of hydrogen-bond acceptors (Lipinski definition) is 5. The minimum Gasteiger partial charge on any atom is -0.497 e. The summed E-state index contributed by atoms with van der Waals surface area (Å²) in [7, 11) is 3.39. The van der Waals surface area contributed by atoms with E-state index >= 15 is 0 Å². The van der Waals surface area contributed by atoms with Crippen LogP contribution < -0.4 is 9.64 Å². The van der Waals surface area contributed by atoms with E-state index < -0.39 is 11.7 Å². The number of methoxy groups -OCH3 is 1. The lowest BCUT2D eigenvalue weighted by atomic mass is 10.2. The topological polar surface area (TPSA) is 48.9 Å². The van der Waals surface area contributed by atoms with Crippen LogP contribution in [0.25, 0.3) is 0 Å². The zero-order valence-electron chi connectivity index (χ0n) is 17.7. The summed E-state index contributed by atoms with van der Waals surface area (Å²) in [6, 6.07) is 10.1. The SMILES string of the molecule is COc1ccc(CN(C)C(=O)CN2CCCN(c3ccc(C(F)(F)F)cn3)CC2)cc1. The van der Waals surface area contributed by atoms with Gasteiger partial charge in [0.1, 0.15) is 11.6 Å². The predicted molar refractivity (Wildman–Crippen MR) is 112 cm³/mol. The number of anilines is 1. The quantitative estimate of drug-likeness (QED) is 0.696. The lowest BCUT2D eigenvalue weighted by Gasteiger charge is -2.25. The van der Waals surface area contributed by atoms with E-state index in [9.17, 15) is 18.0 Å². The van der Waals surface area contributed by atoms with E-state index in [1.165, 1.54) is 6.07 Å². The minimum absolute atomic E-state index is 0.0249. The van der Waals surface area contributed by atoms with Gasteiger partial charge >= 0.3 is 6.18 Å². The molecule has 1 aliphatic rings. The average Bonchev–Trinajstić information content (AvgIpc) is 2.99. The summed E-state index contributed by atoms with van der Waals surface area (Å²) in [6.45, 7) is 3.50. The average molecular weight is 436 g/mol. The van der Waals surface area contributed by atoms with E-state index in [0.717, 1.165) is 36.5 Å². The van der Waals surface area contributed by atoms with Crippen molar-refractivity contribution < 1.29 is 22.7 Å². The van der Waals surface area contributed by atoms with E-state index in [0.29, 0.717) is 38.5 Å². The van der Waals surface area contributed by atoms with Gasteiger partial charge in [-0.1, -0.05) is 12.1 Å². The number of alkyl halides is 3. The second kappa shape index (κ2) is 10.00. The Morgan fingerprint density at radius 2 is 1.84 bits per heavy atom. The first kappa shape index (κ1) is 22.9. The normalized spacial score (nSPS) is 15.5. The van der Waals surface area contributed by atoms with Crippen LogP contribution >= 0.6 is 0 Å². The summed E-state index contributed by atoms with van der Waals surface area (Å²) in [5.41, 5.74) is 0.269. The van der Waals surface area contributed by atoms with Gasteiger partial charge in [0.2, 0.25) is 5.91 Å². The highest BCUT2D eigenvalue weighted by Crippen LogP contribution is 2.29. The molecule has 0 spiro atoms. The van der Waals surface area contributed by atoms with Crippen LogP contribution in [-0.2, 0) is 17.5 Å². The van der Waals surface area contributed by atoms with E-state index in [-0.39, 0.29) is 5.91 Å². The zero-order valence-corrected chi connectivity index (χ0v) is 17.7. The maximum atomic E-state index is 12.7. The van der Waals surface area contributed by atoms with Crippen LogP contribution in [0.1, 0.15) is 17.5 Å². The van der Waals surface area contributed by atoms with Crippen LogP contribution in [0.3, 0.4) is 0 Å². The molecule has 1 saturated heterocycles. The molecule has 1 aromatic heterocycles. The fourth-order valence-corrected chi connectivity index (χ4v) is 3.50. The fraction of sp³-hybridized carbons (Fsp3) is 0.455. The van der Waals surface area contributed by atoms with Gasteiger partial charge in [0, 0.05) is 46.0 Å². The molecule has 1 aromatic carbocycles. The molecule has 0 unspecified atom stereocenters. The molecule has 0 N–H and O–H groups in total. The first-order chi connectivity index (χ1) is 14.8. The molecular formula is C22H27F3N4O2. The summed E-state index contributed by atoms with van der Waals surface area (Å²) >= 11 is 0. The van der Waals surface area contributed by atoms with Crippen molar-refractivity contribution in [3.8, 4) is 5.75 Å². The van der Waals surface area contributed by atoms with Crippen LogP contribution in [0.15, 0.2) is 42.6 Å². The minimum atomic E-state index is -4.39. The number of carbonyl (C=O) groups is 1. The summed E-state index contributed by atoms with van der Waals surface area (Å²) < 4.78 is 43.4. The van der Waals surface area contributed by atoms with Gasteiger partial charge in [0.05, 0.1) is 19.2 Å². The number of nitrogens with zero attached hydrogens (tertiary/aromatic N) is 4. The van der Waals surface area contributed by atoms with Crippen LogP contribution in [0.2, 0.25) is 0 Å². The standard InChI is InChI=1S/C22H27F3N4O2/c1-27(15-17-4-7-19(31-2)8-5-17)21(30)16-28-10-3-11-29(13-12-28)20-9-6-18(14-26-20)22(23,24)25/h4-9,14H,3,10-13,15-16H2,1-2H3. The van der Waals surface area contributed by atoms with E-state index in [1.807, 2.05) is 29.2 Å². The third-order valence-electron chi connectivity index (χ3n) is 5.35. The molecule has 0 aliphatic carbocycles. The van der Waals surface area contributed by atoms with Crippen molar-refractivity contribution in [3.05, 3.63) is 53.7 Å². The maximum Gasteiger partial charge on any atom is 0.417 e. The Labute approximate surface area is 180 Å². The number of ether oxygens (including phenoxy) is 1. The molecule has 31 heavy (non-hydrogen) atoms. The van der Waals surface area contributed by atoms with Gasteiger partial charge in [0.25, 0.3) is 0 Å². The number of aromatic nitrogens is 1. The van der Waals surface area contributed by atoms with Crippen LogP contribution in [0.5, 0.6) is 5.75 Å². The first-order valence-corrected chi connectivity index (χ1v) is 10.1. The van der Waals surface area contributed by atoms with E-state index in [1.54, 1.807) is 19.1 Å². The second-order valence-electron chi connectivity index (χ2n) is 7.62. The number of benzene rings is 1. The van der Waals surface area contributed by atoms with Crippen molar-refractivity contribution in [2.75, 3.05) is 51.8 Å². The lowest BCUT2D eigenvalue weighted by molar-refractivity contribution is -0.137. The van der Waals surface area contributed by atoms with Crippen molar-refractivity contribution in [1.29, 1.82) is 0 Å². The highest BCUT2D eigenvalue weighted by molar-refractivity contribution is 5.78. The number of pyridine rings is 1. The zero-order chi connectivity index (χ0) is 22.4. The van der Waals surface area contributed by atoms with E-state index in [4.69, 9.17) is 4.74 Å². The van der Waals surface area contributed by atoms with E-state index in [2.05, 4.69) is 9.88 Å². The molecule has 2 heterocycles. The second-order valence-corrected chi connectivity index (χ2v) is 7.62. The molecule has 6 nitrogen and oxygen atoms in total. The van der Waals surface area contributed by atoms with Gasteiger partial charge in [-0.25, -0.2) is 4.98 Å². The number of amides is 1. The Bertz CT molecular complexity index is 857. The summed E-state index contributed by atoms with van der Waals surface area (Å²) in [5.74, 6) is 1.32. The number of rotatable bonds is 6. The van der Waals surface area contributed by atoms with Gasteiger partial charge in [0.15, 0.2) is 0 Å². The van der Waals surface area contributed by atoms with Crippen molar-refractivity contribution >= 4 is 11.7 Å². The Hall–Kier alpha value is -2.81. The molecule has 9 heteroatoms. The molecule has 1 amide bonds. The monoisotopic (exact) mass is 436 g/mol. The lowest BCUT2D eigenvalue weighted by Crippen LogP contribution is -2.40. The molecule has 3 rings (SSSR count). The number of hydrogen-bond donors (Lipinski definition) is 0. The van der Waals surface area contributed by atoms with Crippen LogP contribution in [-0.4, -0.2) is 67.6 Å². The van der Waals surface area contributed by atoms with Gasteiger partial charge in [-0.05, 0) is 36.2 Å². The highest BCUT2D eigenvalue weighted by Gasteiger charge is 2.31. The predicted octanol–water partition coefficient (Wildman–Crippen LogP) is 3.28. The number of carbonyl (C=O) groups excluding carboxylic acids is 1. The summed E-state index contributed by atoms with van der Waals surface area (Å²) in [5, 5.41) is 0. The molecule has 0 saturated carbocycles. The Kier molecular flexibility index (Phi) is 7.37. The molecule has 0 atom stereocenters. The van der Waals surface area contributed by atoms with Gasteiger partial charge in [-0.2, -0.15) is 13.2 Å². The Balaban J connectivity index is 1.51. The molecule has 2 aromatic rings. The van der Waals surface area contributed by atoms with Gasteiger partial charge < -0.3 is 14.5 Å². The van der Waals surface area contributed by atoms with Crippen molar-refractivity contribution in [1.82, 2.24) is 14.8 Å². The molecule has 0 bridgehead atoms. The number of likely N-dealkylation sites (N-methyl/N-ethyl adjacent to an activating group) is 1. The molecule has 0 radical (unpaired) electrons. The van der Waals surface area contributed by atoms with Crippen molar-refractivity contribution in [2.45, 2.75) is 19.1 Å². The maximum absolute atomic E-state index is 12.7. The highest BCUT2D eigenvalue weighted by atomic mass is 19.4. The summed E-state index contributed by atoms with van der Waals surface area (Å²) in [4.78, 5) is 22.4. The van der Waals surface area contributed by atoms with Crippen molar-refractivity contribution in [2.24, 2.45) is 0 Å². The Morgan fingerprint density at radius 1 is 1.10 bits per heavy atom. The molecule has 1 fully saturated rings. The van der Waals surface area contributed by atoms with Crippen LogP contribution in [0.4, 0.5) is 19.0 Å². The smallest absolute Gasteiger partial charge is 0.417 e. The fourth-order valence-electron chi connectivity index (χ4n) is 3.50. The Morgan fingerprint density at radius 3 is 2.45 bits per heavy atom. The van der Waals surface area contributed by atoms with Gasteiger partial charge in [-0.15, -0.1) is 0 Å². The third kappa shape index (κ3) is 6.33. The molecule has 168 valence electrons. The first-order valence-electron chi connectivity index (χ1n) is 10.1. The van der Waals surface area contributed by atoms with Gasteiger partial charge in [-0.3, -0.25) is 9.69 Å². The van der Waals surface area contributed by atoms with Crippen molar-refractivity contribution in [3.63, 3.8) is 0 Å². The molecule has 1 aliphatic heterocycles. The third-order valence-corrected chi connectivity index (χ3v) is 5.35. The molecular weight excluding hydrogens is 409 g/mol.